The van der Waals surface area contributed by atoms with Crippen LogP contribution in [0.15, 0.2) is 0 Å². The summed E-state index contributed by atoms with van der Waals surface area (Å²) in [4.78, 5) is 12.6. The van der Waals surface area contributed by atoms with Gasteiger partial charge in [0.2, 0.25) is 0 Å². The Morgan fingerprint density at radius 1 is 1.33 bits per heavy atom. The van der Waals surface area contributed by atoms with Gasteiger partial charge < -0.3 is 9.84 Å². The average molecular weight is 252 g/mol. The maximum Gasteiger partial charge on any atom is 0.167 e. The van der Waals surface area contributed by atoms with E-state index in [1.165, 1.54) is 0 Å². The molecule has 0 aromatic carbocycles. The quantitative estimate of drug-likeness (QED) is 0.719. The number of aliphatic hydroxyl groups is 1. The van der Waals surface area contributed by atoms with Crippen LogP contribution in [0, 0.1) is 17.3 Å². The lowest BCUT2D eigenvalue weighted by molar-refractivity contribution is -0.178. The molecule has 2 saturated carbocycles. The third-order valence-corrected chi connectivity index (χ3v) is 6.12. The van der Waals surface area contributed by atoms with Gasteiger partial charge in [0.25, 0.3) is 0 Å². The van der Waals surface area contributed by atoms with Crippen LogP contribution in [-0.2, 0) is 9.53 Å². The molecule has 0 spiro atoms. The van der Waals surface area contributed by atoms with Crippen molar-refractivity contribution in [2.45, 2.75) is 70.7 Å². The molecule has 1 heterocycles. The third kappa shape index (κ3) is 1.16. The van der Waals surface area contributed by atoms with Gasteiger partial charge in [-0.25, -0.2) is 0 Å². The zero-order valence-electron chi connectivity index (χ0n) is 11.8. The standard InChI is InChI=1S/C15H24O3/c1-9-6-5-7-15-11(17)8-10(16)12(14(9,15)4)13(2,3)18-15/h9-10,12,16H,5-8H2,1-4H3/t9-,10-,12+,14-,15+/m1/s1. The Hall–Kier alpha value is -0.410. The minimum atomic E-state index is -0.627. The van der Waals surface area contributed by atoms with Crippen LogP contribution in [0.1, 0.15) is 53.4 Å². The molecule has 0 amide bonds. The van der Waals surface area contributed by atoms with Crippen LogP contribution in [0.25, 0.3) is 0 Å². The van der Waals surface area contributed by atoms with E-state index in [1.807, 2.05) is 13.8 Å². The van der Waals surface area contributed by atoms with Crippen LogP contribution in [-0.4, -0.2) is 28.2 Å². The number of carbonyl (C=O) groups excluding carboxylic acids is 1. The van der Waals surface area contributed by atoms with Gasteiger partial charge in [0, 0.05) is 17.8 Å². The van der Waals surface area contributed by atoms with Crippen LogP contribution in [0.3, 0.4) is 0 Å². The van der Waals surface area contributed by atoms with E-state index in [9.17, 15) is 9.90 Å². The second-order valence-electron chi connectivity index (χ2n) is 7.28. The molecule has 3 rings (SSSR count). The first-order chi connectivity index (χ1) is 8.26. The summed E-state index contributed by atoms with van der Waals surface area (Å²) in [5.74, 6) is 0.626. The fourth-order valence-electron chi connectivity index (χ4n) is 5.41. The molecule has 3 fully saturated rings. The van der Waals surface area contributed by atoms with Gasteiger partial charge in [-0.05, 0) is 39.0 Å². The molecule has 3 nitrogen and oxygen atoms in total. The molecule has 5 atom stereocenters. The Balaban J connectivity index is 2.21. The van der Waals surface area contributed by atoms with Crippen molar-refractivity contribution in [2.24, 2.45) is 17.3 Å². The van der Waals surface area contributed by atoms with E-state index in [4.69, 9.17) is 4.74 Å². The highest BCUT2D eigenvalue weighted by atomic mass is 16.5. The van der Waals surface area contributed by atoms with Gasteiger partial charge in [-0.2, -0.15) is 0 Å². The number of hydrogen-bond donors (Lipinski definition) is 1. The summed E-state index contributed by atoms with van der Waals surface area (Å²) in [6.45, 7) is 8.47. The summed E-state index contributed by atoms with van der Waals surface area (Å²) >= 11 is 0. The number of ketones is 1. The summed E-state index contributed by atoms with van der Waals surface area (Å²) in [7, 11) is 0. The van der Waals surface area contributed by atoms with Crippen molar-refractivity contribution in [3.63, 3.8) is 0 Å². The topological polar surface area (TPSA) is 46.5 Å². The minimum absolute atomic E-state index is 0.0676. The average Bonchev–Trinajstić information content (AvgIpc) is 2.38. The van der Waals surface area contributed by atoms with Gasteiger partial charge in [-0.3, -0.25) is 4.79 Å². The molecule has 0 unspecified atom stereocenters. The SMILES string of the molecule is C[C@@H]1CCC[C@]23OC(C)(C)[C@H]([C@H](O)CC2=O)[C@@]13C. The molecule has 3 aliphatic rings. The second kappa shape index (κ2) is 3.37. The van der Waals surface area contributed by atoms with Crippen molar-refractivity contribution >= 4 is 5.78 Å². The maximum atomic E-state index is 12.6. The highest BCUT2D eigenvalue weighted by Gasteiger charge is 2.74. The van der Waals surface area contributed by atoms with E-state index in [0.717, 1.165) is 19.3 Å². The van der Waals surface area contributed by atoms with Gasteiger partial charge in [0.05, 0.1) is 11.7 Å². The fourth-order valence-corrected chi connectivity index (χ4v) is 5.41. The lowest BCUT2D eigenvalue weighted by Gasteiger charge is -2.55. The number of rotatable bonds is 0. The van der Waals surface area contributed by atoms with Crippen molar-refractivity contribution in [3.05, 3.63) is 0 Å². The number of hydrogen-bond acceptors (Lipinski definition) is 3. The highest BCUT2D eigenvalue weighted by molar-refractivity contribution is 5.91. The highest BCUT2D eigenvalue weighted by Crippen LogP contribution is 2.67. The first-order valence-electron chi connectivity index (χ1n) is 7.17. The predicted octanol–water partition coefficient (Wildman–Crippen LogP) is 2.31. The molecule has 0 aromatic rings. The van der Waals surface area contributed by atoms with E-state index in [1.54, 1.807) is 0 Å². The molecule has 1 N–H and O–H groups in total. The summed E-state index contributed by atoms with van der Waals surface area (Å²) in [5.41, 5.74) is -1.24. The lowest BCUT2D eigenvalue weighted by atomic mass is 9.48. The van der Waals surface area contributed by atoms with Crippen molar-refractivity contribution in [1.29, 1.82) is 0 Å². The fraction of sp³-hybridized carbons (Fsp3) is 0.933. The number of Topliss-reactive ketones (excluding diaryl/α,β-unsaturated/α-hetero) is 1. The number of ether oxygens (including phenoxy) is 1. The summed E-state index contributed by atoms with van der Waals surface area (Å²) in [5, 5.41) is 10.4. The minimum Gasteiger partial charge on any atom is -0.392 e. The molecule has 18 heavy (non-hydrogen) atoms. The summed E-state index contributed by atoms with van der Waals surface area (Å²) < 4.78 is 6.31. The molecule has 0 aromatic heterocycles. The van der Waals surface area contributed by atoms with E-state index in [2.05, 4.69) is 13.8 Å². The van der Waals surface area contributed by atoms with Crippen LogP contribution in [0.2, 0.25) is 0 Å². The van der Waals surface area contributed by atoms with Crippen molar-refractivity contribution in [3.8, 4) is 0 Å². The smallest absolute Gasteiger partial charge is 0.167 e. The van der Waals surface area contributed by atoms with Gasteiger partial charge in [-0.15, -0.1) is 0 Å². The van der Waals surface area contributed by atoms with E-state index in [-0.39, 0.29) is 23.5 Å². The first-order valence-corrected chi connectivity index (χ1v) is 7.17. The van der Waals surface area contributed by atoms with Gasteiger partial charge >= 0.3 is 0 Å². The van der Waals surface area contributed by atoms with Crippen molar-refractivity contribution in [1.82, 2.24) is 0 Å². The molecule has 2 aliphatic carbocycles. The van der Waals surface area contributed by atoms with Gasteiger partial charge in [0.15, 0.2) is 5.78 Å². The van der Waals surface area contributed by atoms with E-state index < -0.39 is 17.3 Å². The normalized spacial score (nSPS) is 54.3. The Morgan fingerprint density at radius 3 is 2.67 bits per heavy atom. The first kappa shape index (κ1) is 12.6. The lowest BCUT2D eigenvalue weighted by Crippen LogP contribution is -2.63. The molecule has 1 aliphatic heterocycles. The number of aliphatic hydroxyl groups excluding tert-OH is 1. The van der Waals surface area contributed by atoms with Crippen LogP contribution < -0.4 is 0 Å². The molecule has 102 valence electrons. The third-order valence-electron chi connectivity index (χ3n) is 6.12. The molecule has 0 radical (unpaired) electrons. The Morgan fingerprint density at radius 2 is 2.00 bits per heavy atom. The van der Waals surface area contributed by atoms with Gasteiger partial charge in [-0.1, -0.05) is 13.8 Å². The zero-order valence-corrected chi connectivity index (χ0v) is 11.8. The largest absolute Gasteiger partial charge is 0.392 e. The van der Waals surface area contributed by atoms with Crippen molar-refractivity contribution in [2.75, 3.05) is 0 Å². The Kier molecular flexibility index (Phi) is 2.36. The maximum absolute atomic E-state index is 12.6. The molecule has 2 bridgehead atoms. The van der Waals surface area contributed by atoms with Crippen LogP contribution in [0.4, 0.5) is 0 Å². The molecular weight excluding hydrogens is 228 g/mol. The Bertz CT molecular complexity index is 403. The molecule has 1 saturated heterocycles. The monoisotopic (exact) mass is 252 g/mol. The molecule has 3 heteroatoms. The van der Waals surface area contributed by atoms with E-state index >= 15 is 0 Å². The Labute approximate surface area is 109 Å². The van der Waals surface area contributed by atoms with E-state index in [0.29, 0.717) is 5.92 Å². The molecular formula is C15H24O3. The van der Waals surface area contributed by atoms with Crippen LogP contribution in [0.5, 0.6) is 0 Å². The summed E-state index contributed by atoms with van der Waals surface area (Å²) in [6, 6.07) is 0. The van der Waals surface area contributed by atoms with Gasteiger partial charge in [0.1, 0.15) is 5.60 Å². The van der Waals surface area contributed by atoms with Crippen molar-refractivity contribution < 1.29 is 14.6 Å². The second-order valence-corrected chi connectivity index (χ2v) is 7.28. The summed E-state index contributed by atoms with van der Waals surface area (Å²) in [6.07, 6.45) is 2.75. The predicted molar refractivity (Wildman–Crippen MR) is 68.1 cm³/mol. The number of carbonyl (C=O) groups is 1. The zero-order chi connectivity index (χ0) is 13.3. The van der Waals surface area contributed by atoms with Crippen LogP contribution >= 0.6 is 0 Å².